The molecule has 0 saturated heterocycles. The molecule has 0 N–H and O–H groups in total. The van der Waals surface area contributed by atoms with Crippen molar-refractivity contribution in [1.82, 2.24) is 19.9 Å². The van der Waals surface area contributed by atoms with Crippen LogP contribution in [0.15, 0.2) is 167 Å². The maximum atomic E-state index is 6.42. The van der Waals surface area contributed by atoms with E-state index in [4.69, 9.17) is 28.8 Å². The van der Waals surface area contributed by atoms with Gasteiger partial charge in [-0.15, -0.1) is 0 Å². The largest absolute Gasteiger partial charge is 0.456 e. The minimum Gasteiger partial charge on any atom is -0.456 e. The molecule has 0 bridgehead atoms. The molecule has 6 heteroatoms. The summed E-state index contributed by atoms with van der Waals surface area (Å²) < 4.78 is 12.7. The monoisotopic (exact) mass is 666 g/mol. The van der Waals surface area contributed by atoms with E-state index in [2.05, 4.69) is 84.9 Å². The molecule has 0 radical (unpaired) electrons. The predicted octanol–water partition coefficient (Wildman–Crippen LogP) is 12.0. The fraction of sp³-hybridized carbons (Fsp3) is 0. The van der Waals surface area contributed by atoms with Gasteiger partial charge in [0.15, 0.2) is 17.5 Å². The number of fused-ring (bicyclic) bond motifs is 8. The van der Waals surface area contributed by atoms with E-state index < -0.39 is 0 Å². The van der Waals surface area contributed by atoms with Crippen molar-refractivity contribution in [3.63, 3.8) is 0 Å². The Bertz CT molecular complexity index is 3200. The molecule has 0 atom stereocenters. The number of aromatic nitrogens is 4. The number of pyridine rings is 1. The molecule has 52 heavy (non-hydrogen) atoms. The number of hydrogen-bond donors (Lipinski definition) is 0. The van der Waals surface area contributed by atoms with Gasteiger partial charge in [0.05, 0.1) is 5.39 Å². The Morgan fingerprint density at radius 3 is 1.98 bits per heavy atom. The Kier molecular flexibility index (Phi) is 6.15. The number of benzene rings is 7. The Hall–Kier alpha value is -7.18. The van der Waals surface area contributed by atoms with Crippen molar-refractivity contribution in [2.75, 3.05) is 0 Å². The van der Waals surface area contributed by atoms with Crippen LogP contribution in [-0.4, -0.2) is 19.9 Å². The van der Waals surface area contributed by atoms with Crippen LogP contribution in [0.1, 0.15) is 0 Å². The SMILES string of the molecule is c1ccc(-c2nc(-c3c(-c4ccnc5oc6cc7ccccc7cc6c45)ccc4ccccc34)nc(-c3cccc4oc5ccccc5c34)n2)cc1. The number of hydrogen-bond acceptors (Lipinski definition) is 6. The Labute approximate surface area is 296 Å². The predicted molar refractivity (Wildman–Crippen MR) is 209 cm³/mol. The lowest BCUT2D eigenvalue weighted by molar-refractivity contribution is 0.654. The lowest BCUT2D eigenvalue weighted by Crippen LogP contribution is -2.02. The van der Waals surface area contributed by atoms with Gasteiger partial charge in [0.2, 0.25) is 5.71 Å². The van der Waals surface area contributed by atoms with Crippen molar-refractivity contribution in [2.24, 2.45) is 0 Å². The first-order chi connectivity index (χ1) is 25.8. The van der Waals surface area contributed by atoms with Crippen molar-refractivity contribution in [3.05, 3.63) is 158 Å². The summed E-state index contributed by atoms with van der Waals surface area (Å²) in [4.78, 5) is 20.4. The topological polar surface area (TPSA) is 77.8 Å². The van der Waals surface area contributed by atoms with Crippen molar-refractivity contribution in [3.8, 4) is 45.3 Å². The van der Waals surface area contributed by atoms with E-state index >= 15 is 0 Å². The summed E-state index contributed by atoms with van der Waals surface area (Å²) in [5.74, 6) is 1.73. The lowest BCUT2D eigenvalue weighted by atomic mass is 9.91. The van der Waals surface area contributed by atoms with E-state index in [1.54, 1.807) is 0 Å². The van der Waals surface area contributed by atoms with Gasteiger partial charge in [-0.05, 0) is 63.0 Å². The van der Waals surface area contributed by atoms with Crippen LogP contribution in [0.5, 0.6) is 0 Å². The fourth-order valence-electron chi connectivity index (χ4n) is 7.63. The van der Waals surface area contributed by atoms with Crippen molar-refractivity contribution >= 4 is 65.6 Å². The molecule has 0 aliphatic heterocycles. The van der Waals surface area contributed by atoms with Gasteiger partial charge < -0.3 is 8.83 Å². The molecule has 242 valence electrons. The highest BCUT2D eigenvalue weighted by Gasteiger charge is 2.23. The highest BCUT2D eigenvalue weighted by molar-refractivity contribution is 6.17. The molecular formula is C46H26N4O2. The Morgan fingerprint density at radius 2 is 1.10 bits per heavy atom. The second-order valence-electron chi connectivity index (χ2n) is 13.0. The van der Waals surface area contributed by atoms with E-state index in [1.165, 1.54) is 0 Å². The van der Waals surface area contributed by atoms with E-state index in [-0.39, 0.29) is 0 Å². The van der Waals surface area contributed by atoms with Gasteiger partial charge in [0.1, 0.15) is 16.7 Å². The third kappa shape index (κ3) is 4.38. The molecule has 0 saturated carbocycles. The van der Waals surface area contributed by atoms with Crippen LogP contribution >= 0.6 is 0 Å². The molecule has 4 heterocycles. The van der Waals surface area contributed by atoms with E-state index in [0.29, 0.717) is 23.2 Å². The van der Waals surface area contributed by atoms with Gasteiger partial charge in [-0.25, -0.2) is 19.9 Å². The molecule has 0 amide bonds. The second-order valence-corrected chi connectivity index (χ2v) is 13.0. The van der Waals surface area contributed by atoms with Crippen molar-refractivity contribution in [2.45, 2.75) is 0 Å². The summed E-state index contributed by atoms with van der Waals surface area (Å²) in [7, 11) is 0. The summed E-state index contributed by atoms with van der Waals surface area (Å²) >= 11 is 0. The lowest BCUT2D eigenvalue weighted by Gasteiger charge is -2.15. The number of nitrogens with zero attached hydrogens (tertiary/aromatic N) is 4. The van der Waals surface area contributed by atoms with E-state index in [9.17, 15) is 0 Å². The van der Waals surface area contributed by atoms with Gasteiger partial charge in [-0.1, -0.05) is 121 Å². The highest BCUT2D eigenvalue weighted by Crippen LogP contribution is 2.44. The van der Waals surface area contributed by atoms with Gasteiger partial charge in [-0.2, -0.15) is 0 Å². The number of furan rings is 2. The molecule has 6 nitrogen and oxygen atoms in total. The average molecular weight is 667 g/mol. The van der Waals surface area contributed by atoms with Crippen LogP contribution in [0, 0.1) is 0 Å². The number of para-hydroxylation sites is 1. The van der Waals surface area contributed by atoms with Crippen LogP contribution in [0.2, 0.25) is 0 Å². The molecule has 11 aromatic rings. The zero-order chi connectivity index (χ0) is 34.2. The standard InChI is InChI=1S/C46H26N4O2/c1-2-12-28(13-3-1)43-48-44(35-18-10-20-38-40(35)34-17-8-9-19-37(34)51-38)50-45(49-43)41-31-16-7-6-11-27(31)21-22-32(41)33-23-24-47-46-42(33)36-25-29-14-4-5-15-30(29)26-39(36)52-46/h1-26H. The first-order valence-electron chi connectivity index (χ1n) is 17.2. The van der Waals surface area contributed by atoms with Gasteiger partial charge in [0, 0.05) is 39.0 Å². The summed E-state index contributed by atoms with van der Waals surface area (Å²) in [5.41, 5.74) is 7.64. The molecule has 11 rings (SSSR count). The quantitative estimate of drug-likeness (QED) is 0.186. The maximum absolute atomic E-state index is 6.42. The van der Waals surface area contributed by atoms with Gasteiger partial charge in [0.25, 0.3) is 0 Å². The van der Waals surface area contributed by atoms with Crippen LogP contribution in [0.25, 0.3) is 111 Å². The average Bonchev–Trinajstić information content (AvgIpc) is 3.77. The first kappa shape index (κ1) is 28.6. The molecule has 7 aromatic carbocycles. The highest BCUT2D eigenvalue weighted by atomic mass is 16.3. The molecule has 0 unspecified atom stereocenters. The smallest absolute Gasteiger partial charge is 0.227 e. The van der Waals surface area contributed by atoms with E-state index in [1.807, 2.05) is 72.9 Å². The molecular weight excluding hydrogens is 641 g/mol. The third-order valence-corrected chi connectivity index (χ3v) is 9.99. The minimum absolute atomic E-state index is 0.569. The molecule has 0 aliphatic rings. The van der Waals surface area contributed by atoms with Crippen LogP contribution in [-0.2, 0) is 0 Å². The van der Waals surface area contributed by atoms with Crippen LogP contribution in [0.3, 0.4) is 0 Å². The summed E-state index contributed by atoms with van der Waals surface area (Å²) in [5, 5.41) is 8.33. The Balaban J connectivity index is 1.24. The second kappa shape index (κ2) is 11.2. The maximum Gasteiger partial charge on any atom is 0.227 e. The summed E-state index contributed by atoms with van der Waals surface area (Å²) in [6.45, 7) is 0. The molecule has 4 aromatic heterocycles. The van der Waals surface area contributed by atoms with Gasteiger partial charge >= 0.3 is 0 Å². The zero-order valence-electron chi connectivity index (χ0n) is 27.6. The zero-order valence-corrected chi connectivity index (χ0v) is 27.6. The van der Waals surface area contributed by atoms with Crippen LogP contribution < -0.4 is 0 Å². The fourth-order valence-corrected chi connectivity index (χ4v) is 7.63. The summed E-state index contributed by atoms with van der Waals surface area (Å²) in [6, 6.07) is 51.7. The molecule has 0 aliphatic carbocycles. The Morgan fingerprint density at radius 1 is 0.385 bits per heavy atom. The normalized spacial score (nSPS) is 11.8. The minimum atomic E-state index is 0.569. The number of rotatable bonds is 4. The van der Waals surface area contributed by atoms with E-state index in [0.717, 1.165) is 87.7 Å². The first-order valence-corrected chi connectivity index (χ1v) is 17.2. The van der Waals surface area contributed by atoms with Crippen LogP contribution in [0.4, 0.5) is 0 Å². The molecule has 0 fully saturated rings. The summed E-state index contributed by atoms with van der Waals surface area (Å²) in [6.07, 6.45) is 1.82. The van der Waals surface area contributed by atoms with Gasteiger partial charge in [-0.3, -0.25) is 0 Å². The van der Waals surface area contributed by atoms with Crippen molar-refractivity contribution in [1.29, 1.82) is 0 Å². The third-order valence-electron chi connectivity index (χ3n) is 9.99. The van der Waals surface area contributed by atoms with Crippen molar-refractivity contribution < 1.29 is 8.83 Å². The molecule has 0 spiro atoms.